The van der Waals surface area contributed by atoms with Gasteiger partial charge in [-0.15, -0.1) is 0 Å². The molecule has 0 N–H and O–H groups in total. The molecule has 1 atom stereocenters. The van der Waals surface area contributed by atoms with E-state index < -0.39 is 75.7 Å². The van der Waals surface area contributed by atoms with E-state index in [1.54, 1.807) is 48.5 Å². The van der Waals surface area contributed by atoms with Crippen molar-refractivity contribution in [2.24, 2.45) is 11.3 Å². The van der Waals surface area contributed by atoms with Gasteiger partial charge in [0.2, 0.25) is 17.4 Å². The summed E-state index contributed by atoms with van der Waals surface area (Å²) in [6.45, 7) is 11.1. The topological polar surface area (TPSA) is 69.7 Å². The van der Waals surface area contributed by atoms with Crippen molar-refractivity contribution in [2.75, 3.05) is 0 Å². The molecule has 0 saturated heterocycles. The highest BCUT2D eigenvalue weighted by molar-refractivity contribution is 5.97. The van der Waals surface area contributed by atoms with E-state index in [1.807, 2.05) is 0 Å². The maximum absolute atomic E-state index is 14.4. The molecule has 174 valence electrons. The molecule has 0 unspecified atom stereocenters. The summed E-state index contributed by atoms with van der Waals surface area (Å²) in [6, 6.07) is 0. The van der Waals surface area contributed by atoms with E-state index in [-0.39, 0.29) is 12.8 Å². The summed E-state index contributed by atoms with van der Waals surface area (Å²) in [4.78, 5) is 36.6. The number of benzene rings is 1. The molecule has 1 aromatic rings. The first kappa shape index (κ1) is 26.6. The minimum Gasteiger partial charge on any atom is -0.460 e. The quantitative estimate of drug-likeness (QED) is 0.180. The first-order valence-corrected chi connectivity index (χ1v) is 9.83. The summed E-state index contributed by atoms with van der Waals surface area (Å²) in [5.41, 5.74) is -3.12. The van der Waals surface area contributed by atoms with E-state index in [1.165, 1.54) is 0 Å². The number of esters is 2. The van der Waals surface area contributed by atoms with Crippen molar-refractivity contribution in [1.82, 2.24) is 0 Å². The van der Waals surface area contributed by atoms with Crippen molar-refractivity contribution in [3.8, 4) is 5.75 Å². The Hall–Kier alpha value is -2.45. The van der Waals surface area contributed by atoms with Crippen LogP contribution in [0.4, 0.5) is 17.6 Å². The standard InChI is InChI=1S/C22H28F4O5/c1-8-9-12(27)14-15(23)17(25)19(18(26)16(14)24)30-20(29)11(21(2,3)4)10-13(28)31-22(5,6)7/h11H,8-10H2,1-7H3/t11-/m1/s1. The number of halogens is 4. The lowest BCUT2D eigenvalue weighted by Gasteiger charge is -2.29. The molecule has 0 aliphatic heterocycles. The molecule has 0 amide bonds. The van der Waals surface area contributed by atoms with Crippen molar-refractivity contribution >= 4 is 17.7 Å². The number of ketones is 1. The molecule has 0 aromatic heterocycles. The van der Waals surface area contributed by atoms with Gasteiger partial charge in [-0.1, -0.05) is 27.7 Å². The molecule has 0 fully saturated rings. The maximum Gasteiger partial charge on any atom is 0.315 e. The molecule has 0 spiro atoms. The zero-order valence-corrected chi connectivity index (χ0v) is 18.8. The SMILES string of the molecule is CCCC(=O)c1c(F)c(F)c(OC(=O)[C@@H](CC(=O)OC(C)(C)C)C(C)(C)C)c(F)c1F. The monoisotopic (exact) mass is 448 g/mol. The van der Waals surface area contributed by atoms with E-state index in [9.17, 15) is 31.9 Å². The van der Waals surface area contributed by atoms with Gasteiger partial charge >= 0.3 is 11.9 Å². The lowest BCUT2D eigenvalue weighted by Crippen LogP contribution is -2.36. The number of ether oxygens (including phenoxy) is 2. The fourth-order valence-corrected chi connectivity index (χ4v) is 2.76. The van der Waals surface area contributed by atoms with Crippen LogP contribution >= 0.6 is 0 Å². The van der Waals surface area contributed by atoms with Crippen molar-refractivity contribution in [1.29, 1.82) is 0 Å². The lowest BCUT2D eigenvalue weighted by molar-refractivity contribution is -0.161. The summed E-state index contributed by atoms with van der Waals surface area (Å²) >= 11 is 0. The molecule has 0 saturated carbocycles. The van der Waals surface area contributed by atoms with Gasteiger partial charge in [0.1, 0.15) is 5.60 Å². The molecular formula is C22H28F4O5. The van der Waals surface area contributed by atoms with E-state index >= 15 is 0 Å². The van der Waals surface area contributed by atoms with Crippen LogP contribution in [0.5, 0.6) is 5.75 Å². The molecule has 9 heteroatoms. The smallest absolute Gasteiger partial charge is 0.315 e. The van der Waals surface area contributed by atoms with Gasteiger partial charge in [-0.2, -0.15) is 8.78 Å². The van der Waals surface area contributed by atoms with Crippen molar-refractivity contribution in [3.63, 3.8) is 0 Å². The molecule has 1 rings (SSSR count). The summed E-state index contributed by atoms with van der Waals surface area (Å²) in [7, 11) is 0. The molecule has 31 heavy (non-hydrogen) atoms. The molecule has 0 aliphatic carbocycles. The Morgan fingerprint density at radius 3 is 1.74 bits per heavy atom. The van der Waals surface area contributed by atoms with Gasteiger partial charge in [-0.25, -0.2) is 8.78 Å². The highest BCUT2D eigenvalue weighted by Crippen LogP contribution is 2.35. The third kappa shape index (κ3) is 6.77. The Balaban J connectivity index is 3.31. The van der Waals surface area contributed by atoms with Crippen LogP contribution in [0.1, 0.15) is 78.1 Å². The third-order valence-corrected chi connectivity index (χ3v) is 4.30. The van der Waals surface area contributed by atoms with Crippen LogP contribution in [-0.2, 0) is 14.3 Å². The Morgan fingerprint density at radius 1 is 0.871 bits per heavy atom. The predicted octanol–water partition coefficient (Wildman–Crippen LogP) is 5.53. The molecule has 0 bridgehead atoms. The van der Waals surface area contributed by atoms with Crippen LogP contribution in [0, 0.1) is 34.6 Å². The summed E-state index contributed by atoms with van der Waals surface area (Å²) in [5.74, 6) is -13.9. The van der Waals surface area contributed by atoms with Crippen LogP contribution in [0.2, 0.25) is 0 Å². The Bertz CT molecular complexity index is 837. The molecule has 1 aromatic carbocycles. The van der Waals surface area contributed by atoms with Gasteiger partial charge < -0.3 is 9.47 Å². The zero-order chi connectivity index (χ0) is 24.3. The number of rotatable bonds is 7. The van der Waals surface area contributed by atoms with Crippen molar-refractivity contribution in [2.45, 2.75) is 73.3 Å². The summed E-state index contributed by atoms with van der Waals surface area (Å²) < 4.78 is 67.2. The van der Waals surface area contributed by atoms with Gasteiger partial charge in [0.15, 0.2) is 17.4 Å². The number of carbonyl (C=O) groups is 3. The number of Topliss-reactive ketones (excluding diaryl/α,β-unsaturated/α-hetero) is 1. The average molecular weight is 448 g/mol. The molecule has 0 aliphatic rings. The number of carbonyl (C=O) groups excluding carboxylic acids is 3. The van der Waals surface area contributed by atoms with Crippen LogP contribution in [0.25, 0.3) is 0 Å². The minimum absolute atomic E-state index is 0.204. The van der Waals surface area contributed by atoms with Crippen molar-refractivity contribution in [3.05, 3.63) is 28.8 Å². The fourth-order valence-electron chi connectivity index (χ4n) is 2.76. The van der Waals surface area contributed by atoms with E-state index in [2.05, 4.69) is 4.74 Å². The van der Waals surface area contributed by atoms with Crippen LogP contribution in [0.15, 0.2) is 0 Å². The fraction of sp³-hybridized carbons (Fsp3) is 0.591. The Morgan fingerprint density at radius 2 is 1.35 bits per heavy atom. The van der Waals surface area contributed by atoms with Crippen molar-refractivity contribution < 1.29 is 41.4 Å². The van der Waals surface area contributed by atoms with Gasteiger partial charge in [-0.05, 0) is 32.6 Å². The average Bonchev–Trinajstić information content (AvgIpc) is 2.59. The highest BCUT2D eigenvalue weighted by atomic mass is 19.2. The maximum atomic E-state index is 14.4. The second-order valence-corrected chi connectivity index (χ2v) is 9.26. The van der Waals surface area contributed by atoms with Crippen LogP contribution in [0.3, 0.4) is 0 Å². The van der Waals surface area contributed by atoms with Gasteiger partial charge in [-0.3, -0.25) is 14.4 Å². The highest BCUT2D eigenvalue weighted by Gasteiger charge is 2.38. The number of hydrogen-bond acceptors (Lipinski definition) is 5. The summed E-state index contributed by atoms with van der Waals surface area (Å²) in [5, 5.41) is 0. The van der Waals surface area contributed by atoms with Crippen LogP contribution < -0.4 is 4.74 Å². The molecule has 0 heterocycles. The zero-order valence-electron chi connectivity index (χ0n) is 18.8. The van der Waals surface area contributed by atoms with E-state index in [0.717, 1.165) is 0 Å². The normalized spacial score (nSPS) is 13.0. The first-order chi connectivity index (χ1) is 14.0. The Labute approximate surface area is 179 Å². The molecular weight excluding hydrogens is 420 g/mol. The largest absolute Gasteiger partial charge is 0.460 e. The second-order valence-electron chi connectivity index (χ2n) is 9.26. The molecule has 0 radical (unpaired) electrons. The minimum atomic E-state index is -2.00. The number of hydrogen-bond donors (Lipinski definition) is 0. The van der Waals surface area contributed by atoms with Gasteiger partial charge in [0, 0.05) is 6.42 Å². The first-order valence-electron chi connectivity index (χ1n) is 9.83. The predicted molar refractivity (Wildman–Crippen MR) is 105 cm³/mol. The third-order valence-electron chi connectivity index (χ3n) is 4.30. The van der Waals surface area contributed by atoms with Crippen LogP contribution in [-0.4, -0.2) is 23.3 Å². The van der Waals surface area contributed by atoms with E-state index in [4.69, 9.17) is 4.74 Å². The Kier molecular flexibility index (Phi) is 8.39. The molecule has 5 nitrogen and oxygen atoms in total. The summed E-state index contributed by atoms with van der Waals surface area (Å²) in [6.07, 6.45) is -0.607. The lowest BCUT2D eigenvalue weighted by atomic mass is 9.78. The second kappa shape index (κ2) is 9.78. The van der Waals surface area contributed by atoms with E-state index in [0.29, 0.717) is 0 Å². The van der Waals surface area contributed by atoms with Gasteiger partial charge in [0.05, 0.1) is 17.9 Å². The van der Waals surface area contributed by atoms with Gasteiger partial charge in [0.25, 0.3) is 0 Å².